The molecule has 0 spiro atoms. The van der Waals surface area contributed by atoms with Crippen molar-refractivity contribution in [2.45, 2.75) is 19.3 Å². The lowest BCUT2D eigenvalue weighted by molar-refractivity contribution is -0.132. The Morgan fingerprint density at radius 2 is 1.86 bits per heavy atom. The number of nitrogens with one attached hydrogen (secondary N) is 1. The Labute approximate surface area is 167 Å². The van der Waals surface area contributed by atoms with Gasteiger partial charge in [-0.05, 0) is 43.2 Å². The number of ketones is 1. The minimum atomic E-state index is -0.535. The quantitative estimate of drug-likeness (QED) is 0.649. The molecule has 1 aliphatic rings. The molecule has 0 aliphatic carbocycles. The smallest absolute Gasteiger partial charge is 0.417 e. The first-order valence-electron chi connectivity index (χ1n) is 9.73. The second kappa shape index (κ2) is 8.34. The van der Waals surface area contributed by atoms with Gasteiger partial charge in [-0.3, -0.25) is 14.6 Å². The Kier molecular flexibility index (Phi) is 5.46. The lowest BCUT2D eigenvalue weighted by Crippen LogP contribution is -2.40. The van der Waals surface area contributed by atoms with E-state index in [4.69, 9.17) is 9.15 Å². The number of benzene rings is 2. The maximum absolute atomic E-state index is 12.8. The van der Waals surface area contributed by atoms with Crippen LogP contribution in [0.2, 0.25) is 0 Å². The van der Waals surface area contributed by atoms with Crippen LogP contribution in [-0.2, 0) is 4.79 Å². The molecule has 150 valence electrons. The van der Waals surface area contributed by atoms with Gasteiger partial charge in [-0.1, -0.05) is 18.2 Å². The van der Waals surface area contributed by atoms with Crippen LogP contribution in [0, 0.1) is 5.92 Å². The second-order valence-corrected chi connectivity index (χ2v) is 7.16. The molecular formula is C22H22N2O5. The van der Waals surface area contributed by atoms with E-state index in [1.165, 1.54) is 0 Å². The summed E-state index contributed by atoms with van der Waals surface area (Å²) in [5.41, 5.74) is 1.48. The summed E-state index contributed by atoms with van der Waals surface area (Å²) in [4.78, 5) is 40.8. The molecule has 1 fully saturated rings. The van der Waals surface area contributed by atoms with Crippen molar-refractivity contribution in [2.75, 3.05) is 19.7 Å². The SMILES string of the molecule is O=C(c1ccc2[nH]c(=O)oc2c1)C1CCN(C(=O)CCOc2ccccc2)CC1. The number of hydrogen-bond acceptors (Lipinski definition) is 5. The molecular weight excluding hydrogens is 372 g/mol. The number of likely N-dealkylation sites (tertiary alicyclic amines) is 1. The van der Waals surface area contributed by atoms with Gasteiger partial charge in [0.25, 0.3) is 0 Å². The highest BCUT2D eigenvalue weighted by Crippen LogP contribution is 2.24. The monoisotopic (exact) mass is 394 g/mol. The molecule has 1 amide bonds. The summed E-state index contributed by atoms with van der Waals surface area (Å²) >= 11 is 0. The molecule has 1 N–H and O–H groups in total. The summed E-state index contributed by atoms with van der Waals surface area (Å²) < 4.78 is 10.6. The Balaban J connectivity index is 1.28. The zero-order valence-corrected chi connectivity index (χ0v) is 15.9. The van der Waals surface area contributed by atoms with Crippen LogP contribution in [0.1, 0.15) is 29.6 Å². The molecule has 7 nitrogen and oxygen atoms in total. The molecule has 0 atom stereocenters. The number of rotatable bonds is 6. The number of carbonyl (C=O) groups is 2. The fraction of sp³-hybridized carbons (Fsp3) is 0.318. The molecule has 0 radical (unpaired) electrons. The maximum atomic E-state index is 12.8. The van der Waals surface area contributed by atoms with E-state index in [1.807, 2.05) is 30.3 Å². The van der Waals surface area contributed by atoms with Gasteiger partial charge >= 0.3 is 5.76 Å². The number of aromatic amines is 1. The van der Waals surface area contributed by atoms with Gasteiger partial charge in [0, 0.05) is 24.6 Å². The maximum Gasteiger partial charge on any atom is 0.417 e. The largest absolute Gasteiger partial charge is 0.493 e. The number of carbonyl (C=O) groups excluding carboxylic acids is 2. The van der Waals surface area contributed by atoms with Gasteiger partial charge in [-0.25, -0.2) is 4.79 Å². The van der Waals surface area contributed by atoms with Crippen LogP contribution in [0.4, 0.5) is 0 Å². The van der Waals surface area contributed by atoms with Crippen molar-refractivity contribution in [2.24, 2.45) is 5.92 Å². The average Bonchev–Trinajstić information content (AvgIpc) is 3.13. The van der Waals surface area contributed by atoms with Crippen molar-refractivity contribution in [1.82, 2.24) is 9.88 Å². The highest BCUT2D eigenvalue weighted by Gasteiger charge is 2.28. The molecule has 1 aromatic heterocycles. The van der Waals surface area contributed by atoms with E-state index in [1.54, 1.807) is 23.1 Å². The molecule has 1 aliphatic heterocycles. The van der Waals surface area contributed by atoms with Gasteiger partial charge < -0.3 is 14.1 Å². The summed E-state index contributed by atoms with van der Waals surface area (Å²) in [6.07, 6.45) is 1.56. The normalized spacial score (nSPS) is 14.8. The number of nitrogens with zero attached hydrogens (tertiary/aromatic N) is 1. The topological polar surface area (TPSA) is 92.6 Å². The Morgan fingerprint density at radius 1 is 1.10 bits per heavy atom. The van der Waals surface area contributed by atoms with Crippen molar-refractivity contribution in [3.63, 3.8) is 0 Å². The van der Waals surface area contributed by atoms with Gasteiger partial charge in [0.15, 0.2) is 11.4 Å². The number of H-pyrrole nitrogens is 1. The average molecular weight is 394 g/mol. The van der Waals surface area contributed by atoms with E-state index in [9.17, 15) is 14.4 Å². The highest BCUT2D eigenvalue weighted by molar-refractivity contribution is 6.00. The molecule has 3 aromatic rings. The van der Waals surface area contributed by atoms with Crippen LogP contribution < -0.4 is 10.5 Å². The van der Waals surface area contributed by atoms with Gasteiger partial charge in [-0.15, -0.1) is 0 Å². The van der Waals surface area contributed by atoms with E-state index in [-0.39, 0.29) is 17.6 Å². The number of piperidine rings is 1. The molecule has 2 heterocycles. The first-order chi connectivity index (χ1) is 14.1. The molecule has 0 saturated carbocycles. The van der Waals surface area contributed by atoms with Crippen molar-refractivity contribution < 1.29 is 18.7 Å². The first-order valence-corrected chi connectivity index (χ1v) is 9.73. The highest BCUT2D eigenvalue weighted by atomic mass is 16.5. The van der Waals surface area contributed by atoms with E-state index in [0.29, 0.717) is 55.6 Å². The zero-order valence-electron chi connectivity index (χ0n) is 15.9. The summed E-state index contributed by atoms with van der Waals surface area (Å²) in [7, 11) is 0. The van der Waals surface area contributed by atoms with Gasteiger partial charge in [0.2, 0.25) is 5.91 Å². The number of Topliss-reactive ketones (excluding diaryl/α,β-unsaturated/α-hetero) is 1. The van der Waals surface area contributed by atoms with Gasteiger partial charge in [0.05, 0.1) is 18.5 Å². The van der Waals surface area contributed by atoms with Crippen LogP contribution in [0.5, 0.6) is 5.75 Å². The third-order valence-electron chi connectivity index (χ3n) is 5.25. The third-order valence-corrected chi connectivity index (χ3v) is 5.25. The van der Waals surface area contributed by atoms with Crippen LogP contribution in [0.25, 0.3) is 11.1 Å². The Bertz CT molecular complexity index is 1060. The van der Waals surface area contributed by atoms with Crippen molar-refractivity contribution >= 4 is 22.8 Å². The van der Waals surface area contributed by atoms with E-state index in [0.717, 1.165) is 5.75 Å². The number of ether oxygens (including phenoxy) is 1. The van der Waals surface area contributed by atoms with Crippen molar-refractivity contribution in [3.05, 3.63) is 64.6 Å². The summed E-state index contributed by atoms with van der Waals surface area (Å²) in [6.45, 7) is 1.45. The lowest BCUT2D eigenvalue weighted by atomic mass is 9.88. The standard InChI is InChI=1S/C22H22N2O5/c25-20(10-13-28-17-4-2-1-3-5-17)24-11-8-15(9-12-24)21(26)16-6-7-18-19(14-16)29-22(27)23-18/h1-7,14-15H,8-13H2,(H,23,27). The molecule has 0 bridgehead atoms. The number of hydrogen-bond donors (Lipinski definition) is 1. The second-order valence-electron chi connectivity index (χ2n) is 7.16. The Morgan fingerprint density at radius 3 is 2.62 bits per heavy atom. The molecule has 4 rings (SSSR count). The summed E-state index contributed by atoms with van der Waals surface area (Å²) in [5.74, 6) is 0.146. The fourth-order valence-corrected chi connectivity index (χ4v) is 3.66. The number of aromatic nitrogens is 1. The zero-order chi connectivity index (χ0) is 20.2. The predicted molar refractivity (Wildman–Crippen MR) is 107 cm³/mol. The van der Waals surface area contributed by atoms with Gasteiger partial charge in [0.1, 0.15) is 5.75 Å². The van der Waals surface area contributed by atoms with Crippen LogP contribution in [0.3, 0.4) is 0 Å². The molecule has 0 unspecified atom stereocenters. The first kappa shape index (κ1) is 19.0. The Hall–Kier alpha value is -3.35. The van der Waals surface area contributed by atoms with E-state index < -0.39 is 5.76 Å². The summed E-state index contributed by atoms with van der Waals surface area (Å²) in [5, 5.41) is 0. The number of oxazole rings is 1. The fourth-order valence-electron chi connectivity index (χ4n) is 3.66. The van der Waals surface area contributed by atoms with Crippen LogP contribution >= 0.6 is 0 Å². The third kappa shape index (κ3) is 4.39. The number of fused-ring (bicyclic) bond motifs is 1. The molecule has 29 heavy (non-hydrogen) atoms. The van der Waals surface area contributed by atoms with E-state index in [2.05, 4.69) is 4.98 Å². The molecule has 2 aromatic carbocycles. The number of amides is 1. The molecule has 7 heteroatoms. The minimum Gasteiger partial charge on any atom is -0.493 e. The van der Waals surface area contributed by atoms with Gasteiger partial charge in [-0.2, -0.15) is 0 Å². The van der Waals surface area contributed by atoms with Crippen LogP contribution in [0.15, 0.2) is 57.7 Å². The van der Waals surface area contributed by atoms with Crippen molar-refractivity contribution in [3.8, 4) is 5.75 Å². The predicted octanol–water partition coefficient (Wildman–Crippen LogP) is 3.01. The summed E-state index contributed by atoms with van der Waals surface area (Å²) in [6, 6.07) is 14.4. The number of para-hydroxylation sites is 1. The minimum absolute atomic E-state index is 0.0234. The van der Waals surface area contributed by atoms with E-state index >= 15 is 0 Å². The lowest BCUT2D eigenvalue weighted by Gasteiger charge is -2.31. The van der Waals surface area contributed by atoms with Crippen LogP contribution in [-0.4, -0.2) is 41.3 Å². The molecule has 1 saturated heterocycles. The van der Waals surface area contributed by atoms with Crippen molar-refractivity contribution in [1.29, 1.82) is 0 Å².